The molecular formula is C21H11Cl2N3O5S2. The number of carbonyl (C=O) groups is 2. The van der Waals surface area contributed by atoms with E-state index < -0.39 is 16.7 Å². The maximum absolute atomic E-state index is 12.8. The summed E-state index contributed by atoms with van der Waals surface area (Å²) >= 11 is 17.9. The highest BCUT2D eigenvalue weighted by Gasteiger charge is 2.34. The van der Waals surface area contributed by atoms with E-state index in [9.17, 15) is 19.7 Å². The maximum atomic E-state index is 12.8. The number of furan rings is 1. The summed E-state index contributed by atoms with van der Waals surface area (Å²) in [6.45, 7) is 0. The van der Waals surface area contributed by atoms with Crippen molar-refractivity contribution in [2.45, 2.75) is 0 Å². The van der Waals surface area contributed by atoms with Crippen molar-refractivity contribution in [2.24, 2.45) is 0 Å². The second-order valence-corrected chi connectivity index (χ2v) is 9.11. The van der Waals surface area contributed by atoms with Crippen molar-refractivity contribution in [3.8, 4) is 11.3 Å². The first-order chi connectivity index (χ1) is 15.7. The molecule has 1 fully saturated rings. The number of nitrogens with zero attached hydrogens (tertiary/aromatic N) is 2. The van der Waals surface area contributed by atoms with Crippen molar-refractivity contribution >= 4 is 75.1 Å². The second-order valence-electron chi connectivity index (χ2n) is 6.59. The molecule has 4 rings (SSSR count). The van der Waals surface area contributed by atoms with Crippen LogP contribution in [0.25, 0.3) is 17.4 Å². The summed E-state index contributed by atoms with van der Waals surface area (Å²) in [7, 11) is 0. The van der Waals surface area contributed by atoms with Crippen molar-refractivity contribution in [2.75, 3.05) is 0 Å². The average molecular weight is 520 g/mol. The quantitative estimate of drug-likeness (QED) is 0.199. The number of nitrogens with one attached hydrogen (secondary N) is 1. The van der Waals surface area contributed by atoms with Gasteiger partial charge in [0, 0.05) is 28.3 Å². The van der Waals surface area contributed by atoms with Gasteiger partial charge in [0.2, 0.25) is 0 Å². The van der Waals surface area contributed by atoms with Crippen molar-refractivity contribution in [3.05, 3.63) is 91.0 Å². The molecule has 0 unspecified atom stereocenters. The molecule has 0 atom stereocenters. The van der Waals surface area contributed by atoms with Crippen molar-refractivity contribution in [3.63, 3.8) is 0 Å². The summed E-state index contributed by atoms with van der Waals surface area (Å²) in [6.07, 6.45) is 1.47. The van der Waals surface area contributed by atoms with E-state index in [1.54, 1.807) is 30.3 Å². The summed E-state index contributed by atoms with van der Waals surface area (Å²) in [4.78, 5) is 35.9. The van der Waals surface area contributed by atoms with E-state index in [2.05, 4.69) is 5.43 Å². The van der Waals surface area contributed by atoms with E-state index >= 15 is 0 Å². The molecule has 0 saturated carbocycles. The molecule has 0 radical (unpaired) electrons. The molecule has 1 aliphatic heterocycles. The lowest BCUT2D eigenvalue weighted by Gasteiger charge is -2.15. The molecule has 166 valence electrons. The number of nitro benzene ring substituents is 1. The topological polar surface area (TPSA) is 106 Å². The van der Waals surface area contributed by atoms with Gasteiger partial charge in [0.15, 0.2) is 4.32 Å². The zero-order valence-electron chi connectivity index (χ0n) is 16.3. The Balaban J connectivity index is 1.52. The van der Waals surface area contributed by atoms with Crippen molar-refractivity contribution in [1.82, 2.24) is 10.4 Å². The molecule has 8 nitrogen and oxygen atoms in total. The largest absolute Gasteiger partial charge is 0.457 e. The van der Waals surface area contributed by atoms with Crippen molar-refractivity contribution in [1.29, 1.82) is 0 Å². The van der Waals surface area contributed by atoms with Gasteiger partial charge in [-0.2, -0.15) is 5.01 Å². The van der Waals surface area contributed by atoms with Crippen LogP contribution in [0.1, 0.15) is 16.1 Å². The Bertz CT molecular complexity index is 1340. The molecule has 33 heavy (non-hydrogen) atoms. The monoisotopic (exact) mass is 519 g/mol. The molecule has 1 aromatic heterocycles. The second kappa shape index (κ2) is 9.36. The molecule has 2 amide bonds. The summed E-state index contributed by atoms with van der Waals surface area (Å²) < 4.78 is 5.86. The van der Waals surface area contributed by atoms with Gasteiger partial charge in [-0.25, -0.2) is 0 Å². The van der Waals surface area contributed by atoms with Crippen molar-refractivity contribution < 1.29 is 18.9 Å². The minimum Gasteiger partial charge on any atom is -0.457 e. The van der Waals surface area contributed by atoms with Crippen LogP contribution in [0.2, 0.25) is 10.0 Å². The summed E-state index contributed by atoms with van der Waals surface area (Å²) in [5, 5.41) is 12.6. The Labute approximate surface area is 206 Å². The number of halogens is 2. The Hall–Kier alpha value is -3.18. The number of benzene rings is 2. The van der Waals surface area contributed by atoms with Crippen LogP contribution in [0, 0.1) is 10.1 Å². The predicted octanol–water partition coefficient (Wildman–Crippen LogP) is 5.71. The number of amides is 2. The van der Waals surface area contributed by atoms with E-state index in [0.29, 0.717) is 27.7 Å². The summed E-state index contributed by atoms with van der Waals surface area (Å²) in [5.41, 5.74) is 2.99. The standard InChI is InChI=1S/C21H11Cl2N3O5S2/c22-13-4-1-11(2-5-13)19(27)24-25-20(28)18(33-21(25)32)10-14-6-8-17(31-14)12-3-7-15(23)16(9-12)26(29)30/h1-10H,(H,24,27)/b18-10+. The highest BCUT2D eigenvalue weighted by Crippen LogP contribution is 2.34. The fourth-order valence-electron chi connectivity index (χ4n) is 2.85. The maximum Gasteiger partial charge on any atom is 0.288 e. The first-order valence-electron chi connectivity index (χ1n) is 9.11. The third-order valence-corrected chi connectivity index (χ3v) is 6.31. The zero-order chi connectivity index (χ0) is 23.7. The molecule has 2 aromatic carbocycles. The molecule has 12 heteroatoms. The Kier molecular flexibility index (Phi) is 6.52. The third-order valence-electron chi connectivity index (χ3n) is 4.44. The first kappa shape index (κ1) is 23.0. The fraction of sp³-hybridized carbons (Fsp3) is 0. The van der Waals surface area contributed by atoms with Crippen LogP contribution in [0.3, 0.4) is 0 Å². The number of hydrogen-bond donors (Lipinski definition) is 1. The van der Waals surface area contributed by atoms with Gasteiger partial charge in [0.05, 0.1) is 9.83 Å². The Morgan fingerprint density at radius 3 is 2.58 bits per heavy atom. The van der Waals surface area contributed by atoms with E-state index in [-0.39, 0.29) is 19.9 Å². The average Bonchev–Trinajstić information content (AvgIpc) is 3.34. The van der Waals surface area contributed by atoms with Crippen LogP contribution < -0.4 is 5.43 Å². The van der Waals surface area contributed by atoms with Crippen LogP contribution in [-0.2, 0) is 4.79 Å². The van der Waals surface area contributed by atoms with Gasteiger partial charge in [0.1, 0.15) is 16.5 Å². The molecule has 3 aromatic rings. The van der Waals surface area contributed by atoms with Crippen LogP contribution >= 0.6 is 47.2 Å². The van der Waals surface area contributed by atoms with Crippen LogP contribution in [0.15, 0.2) is 63.9 Å². The van der Waals surface area contributed by atoms with Gasteiger partial charge in [-0.05, 0) is 60.7 Å². The minimum atomic E-state index is -0.584. The van der Waals surface area contributed by atoms with Gasteiger partial charge < -0.3 is 4.42 Å². The predicted molar refractivity (Wildman–Crippen MR) is 130 cm³/mol. The van der Waals surface area contributed by atoms with Gasteiger partial charge in [-0.1, -0.05) is 35.0 Å². The van der Waals surface area contributed by atoms with Gasteiger partial charge in [-0.15, -0.1) is 0 Å². The number of carbonyl (C=O) groups excluding carboxylic acids is 2. The molecule has 0 spiro atoms. The molecule has 1 aliphatic rings. The molecule has 0 bridgehead atoms. The third kappa shape index (κ3) is 4.93. The zero-order valence-corrected chi connectivity index (χ0v) is 19.4. The normalized spacial score (nSPS) is 14.7. The highest BCUT2D eigenvalue weighted by atomic mass is 35.5. The number of thiocarbonyl (C=S) groups is 1. The number of hydrazine groups is 1. The van der Waals surface area contributed by atoms with E-state index in [1.165, 1.54) is 30.3 Å². The molecule has 1 N–H and O–H groups in total. The van der Waals surface area contributed by atoms with Gasteiger partial charge in [0.25, 0.3) is 17.5 Å². The number of thioether (sulfide) groups is 1. The van der Waals surface area contributed by atoms with E-state index in [1.807, 2.05) is 0 Å². The lowest BCUT2D eigenvalue weighted by molar-refractivity contribution is -0.384. The van der Waals surface area contributed by atoms with Crippen LogP contribution in [0.4, 0.5) is 5.69 Å². The molecular weight excluding hydrogens is 509 g/mol. The Morgan fingerprint density at radius 2 is 1.88 bits per heavy atom. The van der Waals surface area contributed by atoms with E-state index in [0.717, 1.165) is 16.8 Å². The Morgan fingerprint density at radius 1 is 1.15 bits per heavy atom. The lowest BCUT2D eigenvalue weighted by Crippen LogP contribution is -2.44. The highest BCUT2D eigenvalue weighted by molar-refractivity contribution is 8.26. The molecule has 2 heterocycles. The lowest BCUT2D eigenvalue weighted by atomic mass is 10.1. The smallest absolute Gasteiger partial charge is 0.288 e. The molecule has 1 saturated heterocycles. The summed E-state index contributed by atoms with van der Waals surface area (Å²) in [6, 6.07) is 13.7. The fourth-order valence-corrected chi connectivity index (χ4v) is 4.32. The van der Waals surface area contributed by atoms with E-state index in [4.69, 9.17) is 39.8 Å². The van der Waals surface area contributed by atoms with Gasteiger partial charge in [-0.3, -0.25) is 25.1 Å². The molecule has 0 aliphatic carbocycles. The number of nitro groups is 1. The van der Waals surface area contributed by atoms with Crippen LogP contribution in [-0.4, -0.2) is 26.1 Å². The van der Waals surface area contributed by atoms with Gasteiger partial charge >= 0.3 is 0 Å². The minimum absolute atomic E-state index is 0.0138. The number of hydrogen-bond acceptors (Lipinski definition) is 7. The SMILES string of the molecule is O=C(NN1C(=O)/C(=C\c2ccc(-c3ccc(Cl)c([N+](=O)[O-])c3)o2)SC1=S)c1ccc(Cl)cc1. The summed E-state index contributed by atoms with van der Waals surface area (Å²) in [5.74, 6) is -0.360. The number of rotatable bonds is 5. The first-order valence-corrected chi connectivity index (χ1v) is 11.1. The van der Waals surface area contributed by atoms with Crippen LogP contribution in [0.5, 0.6) is 0 Å².